The lowest BCUT2D eigenvalue weighted by atomic mass is 10.1. The van der Waals surface area contributed by atoms with Gasteiger partial charge in [0.15, 0.2) is 6.23 Å². The first-order valence-electron chi connectivity index (χ1n) is 7.75. The highest BCUT2D eigenvalue weighted by Gasteiger charge is 2.15. The van der Waals surface area contributed by atoms with Crippen LogP contribution in [-0.2, 0) is 18.6 Å². The van der Waals surface area contributed by atoms with E-state index in [1.54, 1.807) is 6.08 Å². The summed E-state index contributed by atoms with van der Waals surface area (Å²) in [6.07, 6.45) is 8.98. The van der Waals surface area contributed by atoms with Gasteiger partial charge in [-0.1, -0.05) is 45.6 Å². The van der Waals surface area contributed by atoms with Crippen molar-refractivity contribution in [1.29, 1.82) is 0 Å². The molecule has 2 N–H and O–H groups in total. The molecule has 21 heavy (non-hydrogen) atoms. The lowest BCUT2D eigenvalue weighted by Gasteiger charge is -2.14. The summed E-state index contributed by atoms with van der Waals surface area (Å²) in [7, 11) is -0.444. The SMILES string of the molecule is CCCCC/C=C(\COP=O)C(=O)OC(N)CCCCC. The summed E-state index contributed by atoms with van der Waals surface area (Å²) in [6, 6.07) is 0. The fraction of sp³-hybridized carbons (Fsp3) is 0.800. The fourth-order valence-corrected chi connectivity index (χ4v) is 2.03. The third kappa shape index (κ3) is 11.6. The van der Waals surface area contributed by atoms with Crippen molar-refractivity contribution in [3.8, 4) is 0 Å². The number of allylic oxidation sites excluding steroid dienone is 1. The topological polar surface area (TPSA) is 78.6 Å². The highest BCUT2D eigenvalue weighted by Crippen LogP contribution is 2.11. The Bertz CT molecular complexity index is 321. The number of hydrogen-bond donors (Lipinski definition) is 1. The van der Waals surface area contributed by atoms with Crippen LogP contribution in [0.1, 0.15) is 65.2 Å². The zero-order valence-corrected chi connectivity index (χ0v) is 14.1. The number of nitrogens with two attached hydrogens (primary N) is 1. The summed E-state index contributed by atoms with van der Waals surface area (Å²) in [6.45, 7) is 4.21. The van der Waals surface area contributed by atoms with E-state index in [1.165, 1.54) is 0 Å². The van der Waals surface area contributed by atoms with Gasteiger partial charge in [-0.25, -0.2) is 9.36 Å². The summed E-state index contributed by atoms with van der Waals surface area (Å²) in [5.41, 5.74) is 6.17. The molecule has 0 bridgehead atoms. The van der Waals surface area contributed by atoms with E-state index in [0.29, 0.717) is 12.0 Å². The number of unbranched alkanes of at least 4 members (excludes halogenated alkanes) is 5. The normalized spacial score (nSPS) is 13.4. The number of ether oxygens (including phenoxy) is 1. The van der Waals surface area contributed by atoms with Gasteiger partial charge in [-0.05, 0) is 25.7 Å². The maximum atomic E-state index is 12.0. The Morgan fingerprint density at radius 3 is 2.48 bits per heavy atom. The number of rotatable bonds is 13. The summed E-state index contributed by atoms with van der Waals surface area (Å²) >= 11 is 0. The van der Waals surface area contributed by atoms with Gasteiger partial charge in [0.25, 0.3) is 0 Å². The molecular formula is C15H28NO4P. The maximum Gasteiger partial charge on any atom is 0.337 e. The van der Waals surface area contributed by atoms with Gasteiger partial charge in [0.1, 0.15) is 0 Å². The van der Waals surface area contributed by atoms with Crippen LogP contribution in [0.4, 0.5) is 0 Å². The van der Waals surface area contributed by atoms with Gasteiger partial charge in [0, 0.05) is 0 Å². The van der Waals surface area contributed by atoms with E-state index in [1.807, 2.05) is 0 Å². The Balaban J connectivity index is 4.31. The van der Waals surface area contributed by atoms with Gasteiger partial charge < -0.3 is 4.74 Å². The number of carbonyl (C=O) groups excluding carboxylic acids is 1. The second kappa shape index (κ2) is 14.2. The Labute approximate surface area is 129 Å². The van der Waals surface area contributed by atoms with E-state index in [0.717, 1.165) is 44.9 Å². The van der Waals surface area contributed by atoms with Crippen molar-refractivity contribution in [3.05, 3.63) is 11.6 Å². The Hall–Kier alpha value is -0.770. The van der Waals surface area contributed by atoms with Gasteiger partial charge >= 0.3 is 14.7 Å². The highest BCUT2D eigenvalue weighted by molar-refractivity contribution is 7.17. The fourth-order valence-electron chi connectivity index (χ4n) is 1.84. The molecule has 0 amide bonds. The molecule has 0 aromatic carbocycles. The van der Waals surface area contributed by atoms with Crippen molar-refractivity contribution in [1.82, 2.24) is 0 Å². The van der Waals surface area contributed by atoms with Crippen molar-refractivity contribution in [2.75, 3.05) is 6.61 Å². The molecule has 0 aromatic rings. The van der Waals surface area contributed by atoms with E-state index in [4.69, 9.17) is 15.0 Å². The van der Waals surface area contributed by atoms with E-state index in [9.17, 15) is 9.36 Å². The molecule has 0 aromatic heterocycles. The number of esters is 1. The second-order valence-electron chi connectivity index (χ2n) is 5.01. The van der Waals surface area contributed by atoms with Crippen molar-refractivity contribution in [2.24, 2.45) is 5.73 Å². The van der Waals surface area contributed by atoms with Crippen molar-refractivity contribution < 1.29 is 18.6 Å². The summed E-state index contributed by atoms with van der Waals surface area (Å²) in [5, 5.41) is 0. The Morgan fingerprint density at radius 2 is 1.86 bits per heavy atom. The molecule has 0 spiro atoms. The average molecular weight is 317 g/mol. The summed E-state index contributed by atoms with van der Waals surface area (Å²) in [5.74, 6) is -0.473. The van der Waals surface area contributed by atoms with Gasteiger partial charge in [-0.2, -0.15) is 0 Å². The molecule has 0 saturated carbocycles. The first-order valence-corrected chi connectivity index (χ1v) is 8.48. The maximum absolute atomic E-state index is 12.0. The van der Waals surface area contributed by atoms with Crippen LogP contribution in [0.2, 0.25) is 0 Å². The van der Waals surface area contributed by atoms with Gasteiger partial charge in [0.2, 0.25) is 0 Å². The molecule has 0 saturated heterocycles. The van der Waals surface area contributed by atoms with Crippen molar-refractivity contribution in [2.45, 2.75) is 71.4 Å². The minimum atomic E-state index is -0.590. The average Bonchev–Trinajstić information content (AvgIpc) is 2.46. The second-order valence-corrected chi connectivity index (χ2v) is 5.42. The standard InChI is InChI=1S/C15H28NO4P/c1-3-5-7-9-10-13(12-19-21-18)15(17)20-14(16)11-8-6-4-2/h10,14H,3-9,11-12,16H2,1-2H3/b13-10+. The smallest absolute Gasteiger partial charge is 0.337 e. The summed E-state index contributed by atoms with van der Waals surface area (Å²) in [4.78, 5) is 12.0. The molecule has 1 unspecified atom stereocenters. The monoisotopic (exact) mass is 317 g/mol. The van der Waals surface area contributed by atoms with Crippen molar-refractivity contribution >= 4 is 14.7 Å². The van der Waals surface area contributed by atoms with Crippen LogP contribution in [0.3, 0.4) is 0 Å². The minimum absolute atomic E-state index is 0.0162. The molecule has 0 heterocycles. The van der Waals surface area contributed by atoms with Gasteiger partial charge in [-0.3, -0.25) is 10.3 Å². The molecule has 0 rings (SSSR count). The lowest BCUT2D eigenvalue weighted by Crippen LogP contribution is -2.28. The van der Waals surface area contributed by atoms with Crippen LogP contribution in [-0.4, -0.2) is 18.8 Å². The van der Waals surface area contributed by atoms with E-state index >= 15 is 0 Å². The molecule has 5 nitrogen and oxygen atoms in total. The van der Waals surface area contributed by atoms with Gasteiger partial charge in [0.05, 0.1) is 12.2 Å². The zero-order valence-electron chi connectivity index (χ0n) is 13.2. The predicted molar refractivity (Wildman–Crippen MR) is 84.0 cm³/mol. The highest BCUT2D eigenvalue weighted by atomic mass is 31.1. The number of hydrogen-bond acceptors (Lipinski definition) is 5. The van der Waals surface area contributed by atoms with E-state index < -0.39 is 20.9 Å². The van der Waals surface area contributed by atoms with Crippen molar-refractivity contribution in [3.63, 3.8) is 0 Å². The van der Waals surface area contributed by atoms with E-state index in [2.05, 4.69) is 13.8 Å². The molecule has 0 aliphatic heterocycles. The molecule has 0 fully saturated rings. The first-order chi connectivity index (χ1) is 10.2. The van der Waals surface area contributed by atoms with Crippen LogP contribution in [0.15, 0.2) is 11.6 Å². The molecule has 0 aliphatic rings. The molecule has 122 valence electrons. The number of carbonyl (C=O) groups is 1. The van der Waals surface area contributed by atoms with Crippen LogP contribution < -0.4 is 5.73 Å². The first kappa shape index (κ1) is 20.2. The minimum Gasteiger partial charge on any atom is -0.443 e. The Morgan fingerprint density at radius 1 is 1.19 bits per heavy atom. The third-order valence-electron chi connectivity index (χ3n) is 3.08. The zero-order chi connectivity index (χ0) is 15.9. The van der Waals surface area contributed by atoms with Gasteiger partial charge in [-0.15, -0.1) is 0 Å². The third-order valence-corrected chi connectivity index (χ3v) is 3.32. The molecule has 0 radical (unpaired) electrons. The molecule has 0 aliphatic carbocycles. The Kier molecular flexibility index (Phi) is 13.7. The molecule has 1 atom stereocenters. The van der Waals surface area contributed by atoms with Crippen LogP contribution in [0.25, 0.3) is 0 Å². The van der Waals surface area contributed by atoms with Crippen LogP contribution in [0.5, 0.6) is 0 Å². The van der Waals surface area contributed by atoms with Crippen LogP contribution in [0, 0.1) is 0 Å². The molecule has 6 heteroatoms. The summed E-state index contributed by atoms with van der Waals surface area (Å²) < 4.78 is 20.3. The van der Waals surface area contributed by atoms with E-state index in [-0.39, 0.29) is 6.61 Å². The predicted octanol–water partition coefficient (Wildman–Crippen LogP) is 4.12. The van der Waals surface area contributed by atoms with Crippen LogP contribution >= 0.6 is 8.69 Å². The quantitative estimate of drug-likeness (QED) is 0.182. The largest absolute Gasteiger partial charge is 0.443 e. The lowest BCUT2D eigenvalue weighted by molar-refractivity contribution is -0.144. The molecular weight excluding hydrogens is 289 g/mol.